The van der Waals surface area contributed by atoms with Crippen molar-refractivity contribution in [1.29, 1.82) is 0 Å². The van der Waals surface area contributed by atoms with Crippen LogP contribution in [0, 0.1) is 5.82 Å². The first-order chi connectivity index (χ1) is 13.5. The molecule has 1 unspecified atom stereocenters. The third kappa shape index (κ3) is 4.49. The molecular weight excluding hydrogens is 385 g/mol. The summed E-state index contributed by atoms with van der Waals surface area (Å²) in [7, 11) is 1.59. The van der Waals surface area contributed by atoms with Crippen LogP contribution in [0.15, 0.2) is 54.9 Å². The van der Waals surface area contributed by atoms with Crippen molar-refractivity contribution in [3.05, 3.63) is 82.6 Å². The summed E-state index contributed by atoms with van der Waals surface area (Å²) in [5.74, 6) is -0.184. The second-order valence-corrected chi connectivity index (χ2v) is 6.50. The van der Waals surface area contributed by atoms with E-state index in [0.29, 0.717) is 6.54 Å². The van der Waals surface area contributed by atoms with E-state index in [0.717, 1.165) is 11.3 Å². The van der Waals surface area contributed by atoms with Gasteiger partial charge in [-0.15, -0.1) is 0 Å². The van der Waals surface area contributed by atoms with Gasteiger partial charge in [-0.05, 0) is 29.8 Å². The number of halogens is 2. The average molecular weight is 404 g/mol. The Bertz CT molecular complexity index is 939. The van der Waals surface area contributed by atoms with Crippen LogP contribution < -0.4 is 10.1 Å². The van der Waals surface area contributed by atoms with Crippen molar-refractivity contribution in [3.63, 3.8) is 0 Å². The molecule has 3 aromatic rings. The van der Waals surface area contributed by atoms with Crippen molar-refractivity contribution in [2.75, 3.05) is 13.7 Å². The van der Waals surface area contributed by atoms with Crippen molar-refractivity contribution in [2.45, 2.75) is 12.6 Å². The number of rotatable bonds is 7. The topological polar surface area (TPSA) is 76.4 Å². The number of nitrogens with one attached hydrogen (secondary N) is 1. The molecule has 28 heavy (non-hydrogen) atoms. The monoisotopic (exact) mass is 403 g/mol. The Balaban J connectivity index is 1.66. The van der Waals surface area contributed by atoms with Crippen LogP contribution >= 0.6 is 11.6 Å². The van der Waals surface area contributed by atoms with Crippen LogP contribution in [0.3, 0.4) is 0 Å². The Morgan fingerprint density at radius 2 is 2.07 bits per heavy atom. The van der Waals surface area contributed by atoms with Gasteiger partial charge in [0, 0.05) is 36.1 Å². The Morgan fingerprint density at radius 3 is 2.75 bits per heavy atom. The molecule has 1 heterocycles. The van der Waals surface area contributed by atoms with E-state index in [1.807, 2.05) is 24.3 Å². The van der Waals surface area contributed by atoms with Crippen molar-refractivity contribution in [3.8, 4) is 5.75 Å². The minimum Gasteiger partial charge on any atom is -0.497 e. The molecule has 3 rings (SSSR count). The standard InChI is InChI=1S/C20H19ClFN3O3/c1-28-14-7-5-13(6-8-14)12-25-10-9-23-19(25)20(27)24-11-17(26)18-15(21)3-2-4-16(18)22/h2-10,17,26H,11-12H2,1H3,(H,24,27). The van der Waals surface area contributed by atoms with Crippen molar-refractivity contribution >= 4 is 17.5 Å². The minimum absolute atomic E-state index is 0.0500. The van der Waals surface area contributed by atoms with E-state index in [1.165, 1.54) is 24.4 Å². The number of nitrogens with zero attached hydrogens (tertiary/aromatic N) is 2. The number of amides is 1. The molecule has 1 amide bonds. The molecule has 0 aliphatic heterocycles. The van der Waals surface area contributed by atoms with E-state index in [9.17, 15) is 14.3 Å². The molecule has 1 atom stereocenters. The summed E-state index contributed by atoms with van der Waals surface area (Å²) in [6.45, 7) is 0.239. The Kier molecular flexibility index (Phi) is 6.28. The van der Waals surface area contributed by atoms with Crippen LogP contribution in [-0.4, -0.2) is 34.2 Å². The molecule has 146 valence electrons. The zero-order valence-corrected chi connectivity index (χ0v) is 15.9. The van der Waals surface area contributed by atoms with Gasteiger partial charge >= 0.3 is 0 Å². The summed E-state index contributed by atoms with van der Waals surface area (Å²) >= 11 is 5.94. The number of carbonyl (C=O) groups is 1. The van der Waals surface area contributed by atoms with Gasteiger partial charge < -0.3 is 19.7 Å². The van der Waals surface area contributed by atoms with Crippen LogP contribution in [0.25, 0.3) is 0 Å². The highest BCUT2D eigenvalue weighted by Crippen LogP contribution is 2.25. The van der Waals surface area contributed by atoms with Crippen molar-refractivity contribution in [2.24, 2.45) is 0 Å². The Morgan fingerprint density at radius 1 is 1.32 bits per heavy atom. The lowest BCUT2D eigenvalue weighted by Crippen LogP contribution is -2.31. The maximum atomic E-state index is 13.9. The number of aliphatic hydroxyl groups is 1. The van der Waals surface area contributed by atoms with Crippen LogP contribution in [0.4, 0.5) is 4.39 Å². The third-order valence-corrected chi connectivity index (χ3v) is 4.55. The van der Waals surface area contributed by atoms with Gasteiger partial charge in [-0.3, -0.25) is 4.79 Å². The first-order valence-corrected chi connectivity index (χ1v) is 8.91. The van der Waals surface area contributed by atoms with E-state index in [4.69, 9.17) is 16.3 Å². The molecule has 8 heteroatoms. The maximum Gasteiger partial charge on any atom is 0.287 e. The Hall–Kier alpha value is -2.90. The number of hydrogen-bond donors (Lipinski definition) is 2. The lowest BCUT2D eigenvalue weighted by Gasteiger charge is -2.15. The summed E-state index contributed by atoms with van der Waals surface area (Å²) in [5, 5.41) is 12.9. The van der Waals surface area contributed by atoms with E-state index in [1.54, 1.807) is 17.9 Å². The van der Waals surface area contributed by atoms with E-state index >= 15 is 0 Å². The number of aromatic nitrogens is 2. The molecule has 2 aromatic carbocycles. The molecule has 0 saturated heterocycles. The molecule has 0 fully saturated rings. The highest BCUT2D eigenvalue weighted by molar-refractivity contribution is 6.31. The fourth-order valence-electron chi connectivity index (χ4n) is 2.77. The van der Waals surface area contributed by atoms with Gasteiger partial charge in [-0.2, -0.15) is 0 Å². The van der Waals surface area contributed by atoms with Crippen LogP contribution in [-0.2, 0) is 6.54 Å². The van der Waals surface area contributed by atoms with Gasteiger partial charge in [0.15, 0.2) is 5.82 Å². The second-order valence-electron chi connectivity index (χ2n) is 6.09. The van der Waals surface area contributed by atoms with Gasteiger partial charge in [0.1, 0.15) is 17.7 Å². The van der Waals surface area contributed by atoms with Gasteiger partial charge in [0.25, 0.3) is 5.91 Å². The highest BCUT2D eigenvalue weighted by atomic mass is 35.5. The summed E-state index contributed by atoms with van der Waals surface area (Å²) in [5.41, 5.74) is 0.914. The fourth-order valence-corrected chi connectivity index (χ4v) is 3.06. The summed E-state index contributed by atoms with van der Waals surface area (Å²) in [4.78, 5) is 16.5. The average Bonchev–Trinajstić information content (AvgIpc) is 3.15. The van der Waals surface area contributed by atoms with Gasteiger partial charge in [0.05, 0.1) is 7.11 Å². The minimum atomic E-state index is -1.28. The van der Waals surface area contributed by atoms with Crippen molar-refractivity contribution < 1.29 is 19.0 Å². The molecule has 0 spiro atoms. The zero-order chi connectivity index (χ0) is 20.1. The van der Waals surface area contributed by atoms with Crippen LogP contribution in [0.5, 0.6) is 5.75 Å². The van der Waals surface area contributed by atoms with E-state index in [2.05, 4.69) is 10.3 Å². The van der Waals surface area contributed by atoms with Gasteiger partial charge in [-0.25, -0.2) is 9.37 Å². The zero-order valence-electron chi connectivity index (χ0n) is 15.1. The molecule has 2 N–H and O–H groups in total. The SMILES string of the molecule is COc1ccc(Cn2ccnc2C(=O)NCC(O)c2c(F)cccc2Cl)cc1. The molecule has 0 radical (unpaired) electrons. The first kappa shape index (κ1) is 19.9. The molecule has 6 nitrogen and oxygen atoms in total. The number of hydrogen-bond acceptors (Lipinski definition) is 4. The van der Waals surface area contributed by atoms with E-state index in [-0.39, 0.29) is 23.0 Å². The van der Waals surface area contributed by atoms with Gasteiger partial charge in [-0.1, -0.05) is 29.8 Å². The van der Waals surface area contributed by atoms with Crippen LogP contribution in [0.1, 0.15) is 27.8 Å². The van der Waals surface area contributed by atoms with Crippen molar-refractivity contribution in [1.82, 2.24) is 14.9 Å². The highest BCUT2D eigenvalue weighted by Gasteiger charge is 2.19. The predicted octanol–water partition coefficient (Wildman–Crippen LogP) is 3.20. The number of imidazole rings is 1. The molecule has 1 aromatic heterocycles. The molecule has 0 aliphatic carbocycles. The second kappa shape index (κ2) is 8.86. The number of carbonyl (C=O) groups excluding carboxylic acids is 1. The molecular formula is C20H19ClFN3O3. The summed E-state index contributed by atoms with van der Waals surface area (Å²) in [6.07, 6.45) is 1.92. The predicted molar refractivity (Wildman–Crippen MR) is 103 cm³/mol. The normalized spacial score (nSPS) is 11.9. The smallest absolute Gasteiger partial charge is 0.287 e. The number of ether oxygens (including phenoxy) is 1. The quantitative estimate of drug-likeness (QED) is 0.635. The number of aliphatic hydroxyl groups excluding tert-OH is 1. The number of methoxy groups -OCH3 is 1. The molecule has 0 saturated carbocycles. The summed E-state index contributed by atoms with van der Waals surface area (Å²) < 4.78 is 20.7. The van der Waals surface area contributed by atoms with Crippen LogP contribution in [0.2, 0.25) is 5.02 Å². The summed E-state index contributed by atoms with van der Waals surface area (Å²) in [6, 6.07) is 11.6. The number of benzene rings is 2. The largest absolute Gasteiger partial charge is 0.497 e. The lowest BCUT2D eigenvalue weighted by molar-refractivity contribution is 0.0900. The van der Waals surface area contributed by atoms with E-state index < -0.39 is 17.8 Å². The fraction of sp³-hybridized carbons (Fsp3) is 0.200. The molecule has 0 aliphatic rings. The third-order valence-electron chi connectivity index (χ3n) is 4.22. The molecule has 0 bridgehead atoms. The Labute approximate surface area is 166 Å². The lowest BCUT2D eigenvalue weighted by atomic mass is 10.1. The van der Waals surface area contributed by atoms with Gasteiger partial charge in [0.2, 0.25) is 0 Å². The maximum absolute atomic E-state index is 13.9. The first-order valence-electron chi connectivity index (χ1n) is 8.54.